The zero-order chi connectivity index (χ0) is 18.9. The Morgan fingerprint density at radius 2 is 1.96 bits per heavy atom. The fraction of sp³-hybridized carbons (Fsp3) is 0.895. The van der Waals surface area contributed by atoms with Crippen LogP contribution in [-0.4, -0.2) is 53.6 Å². The third-order valence-electron chi connectivity index (χ3n) is 5.21. The molecular weight excluding hydrogens is 318 g/mol. The molecule has 1 fully saturated rings. The van der Waals surface area contributed by atoms with Crippen LogP contribution in [0.5, 0.6) is 0 Å². The quantitative estimate of drug-likeness (QED) is 0.670. The van der Waals surface area contributed by atoms with E-state index in [9.17, 15) is 14.7 Å². The zero-order valence-corrected chi connectivity index (χ0v) is 16.2. The minimum Gasteiger partial charge on any atom is -0.390 e. The first-order valence-corrected chi connectivity index (χ1v) is 9.72. The summed E-state index contributed by atoms with van der Waals surface area (Å²) in [6.45, 7) is 5.03. The number of nitrogens with two attached hydrogens (primary N) is 1. The Bertz CT molecular complexity index is 394. The van der Waals surface area contributed by atoms with Gasteiger partial charge in [0, 0.05) is 32.0 Å². The van der Waals surface area contributed by atoms with Gasteiger partial charge >= 0.3 is 0 Å². The molecular formula is C19H37N3O3. The maximum atomic E-state index is 12.5. The van der Waals surface area contributed by atoms with Gasteiger partial charge in [0.25, 0.3) is 0 Å². The number of amides is 2. The number of hydrogen-bond acceptors (Lipinski definition) is 4. The fourth-order valence-electron chi connectivity index (χ4n) is 3.34. The van der Waals surface area contributed by atoms with Crippen molar-refractivity contribution in [2.75, 3.05) is 20.1 Å². The number of nitrogens with one attached hydrogen (secondary N) is 1. The van der Waals surface area contributed by atoms with Crippen molar-refractivity contribution in [3.63, 3.8) is 0 Å². The molecule has 2 amide bonds. The van der Waals surface area contributed by atoms with Crippen molar-refractivity contribution in [1.29, 1.82) is 0 Å². The van der Waals surface area contributed by atoms with E-state index in [0.29, 0.717) is 32.4 Å². The highest BCUT2D eigenvalue weighted by atomic mass is 16.3. The first-order chi connectivity index (χ1) is 11.7. The van der Waals surface area contributed by atoms with Crippen LogP contribution < -0.4 is 11.1 Å². The number of nitrogens with zero attached hydrogens (tertiary/aromatic N) is 1. The number of hydrogen-bond donors (Lipinski definition) is 3. The average molecular weight is 356 g/mol. The largest absolute Gasteiger partial charge is 0.390 e. The van der Waals surface area contributed by atoms with Crippen LogP contribution in [0.15, 0.2) is 0 Å². The highest BCUT2D eigenvalue weighted by molar-refractivity contribution is 5.80. The second kappa shape index (κ2) is 10.8. The molecule has 6 nitrogen and oxygen atoms in total. The van der Waals surface area contributed by atoms with Crippen LogP contribution in [0, 0.1) is 5.92 Å². The molecule has 146 valence electrons. The molecule has 0 saturated carbocycles. The van der Waals surface area contributed by atoms with Crippen molar-refractivity contribution in [1.82, 2.24) is 10.2 Å². The second-order valence-electron chi connectivity index (χ2n) is 7.90. The van der Waals surface area contributed by atoms with Gasteiger partial charge in [-0.05, 0) is 58.4 Å². The Hall–Kier alpha value is -1.14. The van der Waals surface area contributed by atoms with Gasteiger partial charge in [-0.1, -0.05) is 13.3 Å². The maximum Gasteiger partial charge on any atom is 0.224 e. The minimum atomic E-state index is -0.727. The molecule has 1 aliphatic heterocycles. The lowest BCUT2D eigenvalue weighted by Crippen LogP contribution is -2.42. The van der Waals surface area contributed by atoms with E-state index < -0.39 is 5.60 Å². The molecule has 6 heteroatoms. The van der Waals surface area contributed by atoms with Crippen molar-refractivity contribution in [3.05, 3.63) is 0 Å². The van der Waals surface area contributed by atoms with E-state index in [2.05, 4.69) is 5.32 Å². The van der Waals surface area contributed by atoms with Crippen LogP contribution in [0.25, 0.3) is 0 Å². The average Bonchev–Trinajstić information content (AvgIpc) is 2.53. The highest BCUT2D eigenvalue weighted by Gasteiger charge is 2.25. The molecule has 0 aromatic rings. The van der Waals surface area contributed by atoms with E-state index in [1.54, 1.807) is 11.9 Å². The predicted octanol–water partition coefficient (Wildman–Crippen LogP) is 1.80. The summed E-state index contributed by atoms with van der Waals surface area (Å²) in [5, 5.41) is 13.5. The lowest BCUT2D eigenvalue weighted by atomic mass is 9.91. The molecule has 0 aliphatic carbocycles. The van der Waals surface area contributed by atoms with Crippen molar-refractivity contribution in [2.45, 2.75) is 83.3 Å². The molecule has 1 saturated heterocycles. The van der Waals surface area contributed by atoms with Crippen LogP contribution in [0.4, 0.5) is 0 Å². The fourth-order valence-corrected chi connectivity index (χ4v) is 3.34. The summed E-state index contributed by atoms with van der Waals surface area (Å²) < 4.78 is 0. The molecule has 1 aliphatic rings. The summed E-state index contributed by atoms with van der Waals surface area (Å²) in [5.74, 6) is -0.0594. The van der Waals surface area contributed by atoms with Crippen molar-refractivity contribution in [2.24, 2.45) is 11.7 Å². The number of rotatable bonds is 4. The zero-order valence-electron chi connectivity index (χ0n) is 16.2. The molecule has 0 unspecified atom stereocenters. The number of carbonyl (C=O) groups excluding carboxylic acids is 2. The van der Waals surface area contributed by atoms with Gasteiger partial charge in [-0.25, -0.2) is 0 Å². The molecule has 4 N–H and O–H groups in total. The standard InChI is InChI=1S/C19H37N3O3/c1-15-8-6-10-19(2,25)11-7-13-22(3)17(23)14-16(21-18(15)24)9-4-5-12-20/h15-16,25H,4-14,20H2,1-3H3,(H,21,24)/t15-,16+,19+/m1/s1. The summed E-state index contributed by atoms with van der Waals surface area (Å²) in [7, 11) is 1.80. The smallest absolute Gasteiger partial charge is 0.224 e. The van der Waals surface area contributed by atoms with Crippen LogP contribution in [0.1, 0.15) is 71.6 Å². The van der Waals surface area contributed by atoms with E-state index in [1.807, 2.05) is 13.8 Å². The third-order valence-corrected chi connectivity index (χ3v) is 5.21. The van der Waals surface area contributed by atoms with Gasteiger partial charge in [-0.2, -0.15) is 0 Å². The second-order valence-corrected chi connectivity index (χ2v) is 7.90. The van der Waals surface area contributed by atoms with Crippen molar-refractivity contribution < 1.29 is 14.7 Å². The van der Waals surface area contributed by atoms with E-state index in [4.69, 9.17) is 5.73 Å². The van der Waals surface area contributed by atoms with Crippen LogP contribution in [0.2, 0.25) is 0 Å². The molecule has 0 spiro atoms. The predicted molar refractivity (Wildman–Crippen MR) is 100.0 cm³/mol. The van der Waals surface area contributed by atoms with Crippen molar-refractivity contribution in [3.8, 4) is 0 Å². The summed E-state index contributed by atoms with van der Waals surface area (Å²) in [4.78, 5) is 26.6. The third kappa shape index (κ3) is 8.68. The van der Waals surface area contributed by atoms with E-state index in [0.717, 1.165) is 38.5 Å². The Balaban J connectivity index is 2.76. The SMILES string of the molecule is C[C@@H]1CCC[C@](C)(O)CCCN(C)C(=O)C[C@H](CCCCN)NC1=O. The Labute approximate surface area is 152 Å². The molecule has 0 aromatic heterocycles. The van der Waals surface area contributed by atoms with Gasteiger partial charge in [0.2, 0.25) is 11.8 Å². The van der Waals surface area contributed by atoms with E-state index >= 15 is 0 Å². The molecule has 1 heterocycles. The highest BCUT2D eigenvalue weighted by Crippen LogP contribution is 2.22. The van der Waals surface area contributed by atoms with Gasteiger partial charge in [0.05, 0.1) is 5.60 Å². The van der Waals surface area contributed by atoms with Gasteiger partial charge in [0.1, 0.15) is 0 Å². The van der Waals surface area contributed by atoms with Crippen LogP contribution >= 0.6 is 0 Å². The van der Waals surface area contributed by atoms with E-state index in [1.165, 1.54) is 0 Å². The first-order valence-electron chi connectivity index (χ1n) is 9.72. The Morgan fingerprint density at radius 1 is 1.28 bits per heavy atom. The monoisotopic (exact) mass is 355 g/mol. The van der Waals surface area contributed by atoms with Crippen molar-refractivity contribution >= 4 is 11.8 Å². The number of unbranched alkanes of at least 4 members (excludes halogenated alkanes) is 1. The summed E-state index contributed by atoms with van der Waals surface area (Å²) >= 11 is 0. The van der Waals surface area contributed by atoms with Gasteiger partial charge < -0.3 is 21.1 Å². The van der Waals surface area contributed by atoms with Gasteiger partial charge in [0.15, 0.2) is 0 Å². The van der Waals surface area contributed by atoms with Gasteiger partial charge in [-0.3, -0.25) is 9.59 Å². The van der Waals surface area contributed by atoms with E-state index in [-0.39, 0.29) is 23.8 Å². The molecule has 0 bridgehead atoms. The van der Waals surface area contributed by atoms with Crippen LogP contribution in [0.3, 0.4) is 0 Å². The van der Waals surface area contributed by atoms with Gasteiger partial charge in [-0.15, -0.1) is 0 Å². The summed E-state index contributed by atoms with van der Waals surface area (Å²) in [6, 6.07) is -0.123. The molecule has 0 radical (unpaired) electrons. The first kappa shape index (κ1) is 21.9. The Kier molecular flexibility index (Phi) is 9.43. The van der Waals surface area contributed by atoms with Crippen LogP contribution in [-0.2, 0) is 9.59 Å². The lowest BCUT2D eigenvalue weighted by molar-refractivity contribution is -0.131. The molecule has 25 heavy (non-hydrogen) atoms. The number of carbonyl (C=O) groups is 2. The topological polar surface area (TPSA) is 95.7 Å². The maximum absolute atomic E-state index is 12.5. The Morgan fingerprint density at radius 3 is 2.64 bits per heavy atom. The minimum absolute atomic E-state index is 0.00454. The molecule has 0 aromatic carbocycles. The normalized spacial score (nSPS) is 30.7. The molecule has 1 rings (SSSR count). The summed E-state index contributed by atoms with van der Waals surface area (Å²) in [5.41, 5.74) is 4.83. The summed E-state index contributed by atoms with van der Waals surface area (Å²) in [6.07, 6.45) is 6.65. The number of aliphatic hydroxyl groups is 1. The lowest BCUT2D eigenvalue weighted by Gasteiger charge is -2.28. The molecule has 3 atom stereocenters.